The van der Waals surface area contributed by atoms with E-state index < -0.39 is 6.10 Å². The molecule has 0 aliphatic heterocycles. The van der Waals surface area contributed by atoms with Gasteiger partial charge in [0.1, 0.15) is 5.82 Å². The van der Waals surface area contributed by atoms with E-state index in [2.05, 4.69) is 10.4 Å². The van der Waals surface area contributed by atoms with E-state index in [-0.39, 0.29) is 6.03 Å². The smallest absolute Gasteiger partial charge is 0.322 e. The molecule has 6 nitrogen and oxygen atoms in total. The quantitative estimate of drug-likeness (QED) is 0.841. The van der Waals surface area contributed by atoms with Crippen LogP contribution in [0.15, 0.2) is 6.07 Å². The van der Waals surface area contributed by atoms with Crippen molar-refractivity contribution < 1.29 is 9.90 Å². The molecule has 1 fully saturated rings. The van der Waals surface area contributed by atoms with Crippen LogP contribution in [0, 0.1) is 5.92 Å². The Morgan fingerprint density at radius 1 is 1.68 bits per heavy atom. The fraction of sp³-hybridized carbons (Fsp3) is 0.692. The minimum Gasteiger partial charge on any atom is -0.391 e. The zero-order chi connectivity index (χ0) is 14.0. The van der Waals surface area contributed by atoms with Gasteiger partial charge in [-0.15, -0.1) is 0 Å². The first-order valence-electron chi connectivity index (χ1n) is 6.74. The number of rotatable bonds is 5. The number of nitrogens with one attached hydrogen (secondary N) is 1. The average molecular weight is 266 g/mol. The van der Waals surface area contributed by atoms with E-state index in [0.717, 1.165) is 25.0 Å². The van der Waals surface area contributed by atoms with Gasteiger partial charge in [0, 0.05) is 26.7 Å². The Morgan fingerprint density at radius 2 is 2.37 bits per heavy atom. The molecule has 1 aromatic heterocycles. The molecule has 2 amide bonds. The summed E-state index contributed by atoms with van der Waals surface area (Å²) < 4.78 is 1.65. The van der Waals surface area contributed by atoms with Crippen LogP contribution in [-0.2, 0) is 13.5 Å². The summed E-state index contributed by atoms with van der Waals surface area (Å²) in [5, 5.41) is 16.9. The molecule has 1 atom stereocenters. The molecule has 2 N–H and O–H groups in total. The lowest BCUT2D eigenvalue weighted by molar-refractivity contribution is 0.117. The maximum absolute atomic E-state index is 12.0. The zero-order valence-electron chi connectivity index (χ0n) is 11.8. The second-order valence-electron chi connectivity index (χ2n) is 5.21. The Morgan fingerprint density at radius 3 is 2.89 bits per heavy atom. The number of aliphatic hydroxyl groups is 1. The first-order chi connectivity index (χ1) is 9.01. The Hall–Kier alpha value is -1.56. The van der Waals surface area contributed by atoms with Crippen molar-refractivity contribution in [3.8, 4) is 0 Å². The number of anilines is 1. The molecule has 1 aromatic rings. The summed E-state index contributed by atoms with van der Waals surface area (Å²) in [5.74, 6) is 1.05. The van der Waals surface area contributed by atoms with Crippen LogP contribution in [0.4, 0.5) is 10.6 Å². The van der Waals surface area contributed by atoms with E-state index in [4.69, 9.17) is 0 Å². The number of carbonyl (C=O) groups is 1. The van der Waals surface area contributed by atoms with Crippen LogP contribution in [0.1, 0.15) is 25.5 Å². The van der Waals surface area contributed by atoms with E-state index in [1.807, 2.05) is 13.0 Å². The fourth-order valence-electron chi connectivity index (χ4n) is 2.01. The van der Waals surface area contributed by atoms with Crippen molar-refractivity contribution in [2.75, 3.05) is 18.9 Å². The van der Waals surface area contributed by atoms with Crippen molar-refractivity contribution in [2.24, 2.45) is 13.0 Å². The molecular formula is C13H22N4O2. The summed E-state index contributed by atoms with van der Waals surface area (Å²) in [4.78, 5) is 13.5. The molecule has 0 bridgehead atoms. The second kappa shape index (κ2) is 5.61. The Kier molecular flexibility index (Phi) is 4.09. The molecule has 1 aliphatic rings. The summed E-state index contributed by atoms with van der Waals surface area (Å²) in [5.41, 5.74) is 0.943. The predicted molar refractivity (Wildman–Crippen MR) is 73.0 cm³/mol. The number of carbonyl (C=O) groups excluding carboxylic acids is 1. The number of likely N-dealkylation sites (N-methyl/N-ethyl adjacent to an activating group) is 1. The van der Waals surface area contributed by atoms with Gasteiger partial charge in [-0.2, -0.15) is 5.10 Å². The Balaban J connectivity index is 1.89. The summed E-state index contributed by atoms with van der Waals surface area (Å²) in [6.07, 6.45) is 2.56. The molecule has 0 spiro atoms. The highest BCUT2D eigenvalue weighted by atomic mass is 16.3. The SMILES string of the molecule is CCc1cc(NC(=O)N(C)CC(O)C2CC2)n(C)n1. The molecule has 1 saturated carbocycles. The zero-order valence-corrected chi connectivity index (χ0v) is 11.8. The highest BCUT2D eigenvalue weighted by Gasteiger charge is 2.31. The lowest BCUT2D eigenvalue weighted by Gasteiger charge is -2.21. The van der Waals surface area contributed by atoms with Crippen molar-refractivity contribution in [2.45, 2.75) is 32.3 Å². The van der Waals surface area contributed by atoms with Crippen molar-refractivity contribution in [1.82, 2.24) is 14.7 Å². The number of aliphatic hydroxyl groups excluding tert-OH is 1. The normalized spacial score (nSPS) is 16.2. The standard InChI is InChI=1S/C13H22N4O2/c1-4-10-7-12(17(3)15-10)14-13(19)16(2)8-11(18)9-5-6-9/h7,9,11,18H,4-6,8H2,1-3H3,(H,14,19). The number of hydrogen-bond acceptors (Lipinski definition) is 3. The van der Waals surface area contributed by atoms with Crippen LogP contribution in [0.2, 0.25) is 0 Å². The van der Waals surface area contributed by atoms with Crippen molar-refractivity contribution in [3.63, 3.8) is 0 Å². The van der Waals surface area contributed by atoms with Crippen LogP contribution in [0.5, 0.6) is 0 Å². The van der Waals surface area contributed by atoms with Crippen LogP contribution >= 0.6 is 0 Å². The van der Waals surface area contributed by atoms with Gasteiger partial charge in [-0.25, -0.2) is 4.79 Å². The molecule has 19 heavy (non-hydrogen) atoms. The van der Waals surface area contributed by atoms with Gasteiger partial charge in [0.15, 0.2) is 0 Å². The third-order valence-corrected chi connectivity index (χ3v) is 3.50. The minimum atomic E-state index is -0.409. The molecule has 1 heterocycles. The van der Waals surface area contributed by atoms with Crippen LogP contribution in [0.3, 0.4) is 0 Å². The number of aromatic nitrogens is 2. The van der Waals surface area contributed by atoms with Gasteiger partial charge >= 0.3 is 6.03 Å². The lowest BCUT2D eigenvalue weighted by atomic mass is 10.2. The van der Waals surface area contributed by atoms with E-state index in [1.54, 1.807) is 18.8 Å². The molecule has 2 rings (SSSR count). The van der Waals surface area contributed by atoms with Gasteiger partial charge in [0.25, 0.3) is 0 Å². The minimum absolute atomic E-state index is 0.217. The van der Waals surface area contributed by atoms with Crippen LogP contribution < -0.4 is 5.32 Å². The number of amides is 2. The van der Waals surface area contributed by atoms with Gasteiger partial charge in [-0.3, -0.25) is 10.00 Å². The average Bonchev–Trinajstić information content (AvgIpc) is 3.15. The largest absolute Gasteiger partial charge is 0.391 e. The van der Waals surface area contributed by atoms with E-state index in [0.29, 0.717) is 18.3 Å². The summed E-state index contributed by atoms with van der Waals surface area (Å²) >= 11 is 0. The molecule has 1 aliphatic carbocycles. The van der Waals surface area contributed by atoms with Gasteiger partial charge in [-0.1, -0.05) is 6.92 Å². The lowest BCUT2D eigenvalue weighted by Crippen LogP contribution is -2.38. The summed E-state index contributed by atoms with van der Waals surface area (Å²) in [7, 11) is 3.49. The second-order valence-corrected chi connectivity index (χ2v) is 5.21. The third-order valence-electron chi connectivity index (χ3n) is 3.50. The maximum atomic E-state index is 12.0. The van der Waals surface area contributed by atoms with Gasteiger partial charge < -0.3 is 10.0 Å². The molecule has 0 aromatic carbocycles. The molecule has 0 radical (unpaired) electrons. The first kappa shape index (κ1) is 13.9. The highest BCUT2D eigenvalue weighted by Crippen LogP contribution is 2.32. The predicted octanol–water partition coefficient (Wildman–Crippen LogP) is 1.22. The van der Waals surface area contributed by atoms with Crippen molar-refractivity contribution >= 4 is 11.8 Å². The Bertz CT molecular complexity index is 453. The van der Waals surface area contributed by atoms with Gasteiger partial charge in [-0.05, 0) is 25.2 Å². The van der Waals surface area contributed by atoms with Crippen LogP contribution in [0.25, 0.3) is 0 Å². The maximum Gasteiger partial charge on any atom is 0.322 e. The van der Waals surface area contributed by atoms with Crippen LogP contribution in [-0.4, -0.2) is 45.5 Å². The van der Waals surface area contributed by atoms with E-state index in [1.165, 1.54) is 4.90 Å². The third kappa shape index (κ3) is 3.47. The van der Waals surface area contributed by atoms with Gasteiger partial charge in [0.05, 0.1) is 11.8 Å². The topological polar surface area (TPSA) is 70.4 Å². The molecular weight excluding hydrogens is 244 g/mol. The molecule has 6 heteroatoms. The monoisotopic (exact) mass is 266 g/mol. The number of nitrogens with zero attached hydrogens (tertiary/aromatic N) is 3. The molecule has 106 valence electrons. The highest BCUT2D eigenvalue weighted by molar-refractivity contribution is 5.88. The van der Waals surface area contributed by atoms with E-state index >= 15 is 0 Å². The van der Waals surface area contributed by atoms with E-state index in [9.17, 15) is 9.90 Å². The summed E-state index contributed by atoms with van der Waals surface area (Å²) in [6.45, 7) is 2.39. The molecule has 0 saturated heterocycles. The Labute approximate surface area is 113 Å². The fourth-order valence-corrected chi connectivity index (χ4v) is 2.01. The van der Waals surface area contributed by atoms with Crippen molar-refractivity contribution in [3.05, 3.63) is 11.8 Å². The molecule has 1 unspecified atom stereocenters. The van der Waals surface area contributed by atoms with Gasteiger partial charge in [0.2, 0.25) is 0 Å². The van der Waals surface area contributed by atoms with Crippen molar-refractivity contribution in [1.29, 1.82) is 0 Å². The summed E-state index contributed by atoms with van der Waals surface area (Å²) in [6, 6.07) is 1.65. The number of urea groups is 1. The first-order valence-corrected chi connectivity index (χ1v) is 6.74. The number of aryl methyl sites for hydroxylation is 2. The number of hydrogen-bond donors (Lipinski definition) is 2.